The van der Waals surface area contributed by atoms with E-state index in [0.717, 1.165) is 11.8 Å². The van der Waals surface area contributed by atoms with Crippen LogP contribution in [0.15, 0.2) is 24.3 Å². The summed E-state index contributed by atoms with van der Waals surface area (Å²) in [6, 6.07) is 7.50. The van der Waals surface area contributed by atoms with E-state index in [1.807, 2.05) is 31.2 Å². The molecular weight excluding hydrogens is 320 g/mol. The van der Waals surface area contributed by atoms with Crippen LogP contribution in [0.4, 0.5) is 0 Å². The number of nitrogens with zero attached hydrogens (tertiary/aromatic N) is 1. The van der Waals surface area contributed by atoms with Gasteiger partial charge in [-0.05, 0) is 31.0 Å². The number of aryl methyl sites for hydroxylation is 1. The molecule has 2 N–H and O–H groups in total. The number of amides is 1. The maximum absolute atomic E-state index is 11.9. The van der Waals surface area contributed by atoms with Gasteiger partial charge in [-0.15, -0.1) is 0 Å². The summed E-state index contributed by atoms with van der Waals surface area (Å²) < 4.78 is 29.8. The first-order valence-corrected chi connectivity index (χ1v) is 9.20. The van der Waals surface area contributed by atoms with Crippen LogP contribution in [0.5, 0.6) is 5.75 Å². The van der Waals surface area contributed by atoms with E-state index >= 15 is 0 Å². The minimum Gasteiger partial charge on any atom is -0.491 e. The maximum atomic E-state index is 11.9. The SMILES string of the molecule is Cc1cccc(OC[C@@]2(O)CCN(C(=O)CNS(C)(=O)=O)C2)c1. The highest BCUT2D eigenvalue weighted by molar-refractivity contribution is 7.88. The Morgan fingerprint density at radius 3 is 2.87 bits per heavy atom. The van der Waals surface area contributed by atoms with Crippen molar-refractivity contribution in [3.05, 3.63) is 29.8 Å². The summed E-state index contributed by atoms with van der Waals surface area (Å²) in [5, 5.41) is 10.5. The van der Waals surface area contributed by atoms with Crippen LogP contribution in [-0.2, 0) is 14.8 Å². The Balaban J connectivity index is 1.86. The maximum Gasteiger partial charge on any atom is 0.237 e. The fourth-order valence-electron chi connectivity index (χ4n) is 2.41. The van der Waals surface area contributed by atoms with Crippen LogP contribution >= 0.6 is 0 Å². The molecular formula is C15H22N2O5S. The van der Waals surface area contributed by atoms with Crippen molar-refractivity contribution in [2.24, 2.45) is 0 Å². The van der Waals surface area contributed by atoms with Gasteiger partial charge in [0.15, 0.2) is 0 Å². The zero-order valence-corrected chi connectivity index (χ0v) is 14.1. The molecule has 1 aromatic rings. The third kappa shape index (κ3) is 5.49. The molecule has 0 aliphatic carbocycles. The Labute approximate surface area is 136 Å². The quantitative estimate of drug-likeness (QED) is 0.752. The van der Waals surface area contributed by atoms with Crippen molar-refractivity contribution in [3.63, 3.8) is 0 Å². The van der Waals surface area contributed by atoms with E-state index in [4.69, 9.17) is 4.74 Å². The molecule has 1 saturated heterocycles. The van der Waals surface area contributed by atoms with Crippen molar-refractivity contribution in [2.75, 3.05) is 32.5 Å². The molecule has 0 saturated carbocycles. The summed E-state index contributed by atoms with van der Waals surface area (Å²) in [5.74, 6) is 0.309. The lowest BCUT2D eigenvalue weighted by molar-refractivity contribution is -0.130. The van der Waals surface area contributed by atoms with Crippen molar-refractivity contribution < 1.29 is 23.1 Å². The van der Waals surface area contributed by atoms with Crippen LogP contribution in [0.2, 0.25) is 0 Å². The van der Waals surface area contributed by atoms with Crippen molar-refractivity contribution in [3.8, 4) is 5.75 Å². The van der Waals surface area contributed by atoms with Crippen LogP contribution in [0.1, 0.15) is 12.0 Å². The Hall–Kier alpha value is -1.64. The highest BCUT2D eigenvalue weighted by atomic mass is 32.2. The monoisotopic (exact) mass is 342 g/mol. The van der Waals surface area contributed by atoms with Crippen molar-refractivity contribution in [1.29, 1.82) is 0 Å². The number of hydrogen-bond acceptors (Lipinski definition) is 5. The van der Waals surface area contributed by atoms with E-state index in [9.17, 15) is 18.3 Å². The molecule has 8 heteroatoms. The second kappa shape index (κ2) is 6.86. The minimum absolute atomic E-state index is 0.0831. The van der Waals surface area contributed by atoms with E-state index in [1.54, 1.807) is 0 Å². The van der Waals surface area contributed by atoms with Crippen molar-refractivity contribution in [1.82, 2.24) is 9.62 Å². The van der Waals surface area contributed by atoms with Gasteiger partial charge in [-0.1, -0.05) is 12.1 Å². The van der Waals surface area contributed by atoms with E-state index in [0.29, 0.717) is 18.7 Å². The Kier molecular flexibility index (Phi) is 5.28. The molecule has 1 aliphatic rings. The van der Waals surface area contributed by atoms with Gasteiger partial charge in [0.1, 0.15) is 18.0 Å². The van der Waals surface area contributed by atoms with Gasteiger partial charge < -0.3 is 14.7 Å². The van der Waals surface area contributed by atoms with Crippen LogP contribution in [0, 0.1) is 6.92 Å². The fourth-order valence-corrected chi connectivity index (χ4v) is 2.80. The lowest BCUT2D eigenvalue weighted by Gasteiger charge is -2.23. The molecule has 7 nitrogen and oxygen atoms in total. The summed E-state index contributed by atoms with van der Waals surface area (Å²) in [4.78, 5) is 13.4. The number of ether oxygens (including phenoxy) is 1. The zero-order valence-electron chi connectivity index (χ0n) is 13.3. The molecule has 128 valence electrons. The van der Waals surface area contributed by atoms with Gasteiger partial charge >= 0.3 is 0 Å². The molecule has 1 atom stereocenters. The topological polar surface area (TPSA) is 95.9 Å². The summed E-state index contributed by atoms with van der Waals surface area (Å²) in [7, 11) is -3.41. The Morgan fingerprint density at radius 2 is 2.22 bits per heavy atom. The van der Waals surface area contributed by atoms with E-state index in [2.05, 4.69) is 4.72 Å². The predicted octanol–water partition coefficient (Wildman–Crippen LogP) is -0.114. The van der Waals surface area contributed by atoms with Gasteiger partial charge in [-0.3, -0.25) is 4.79 Å². The number of hydrogen-bond donors (Lipinski definition) is 2. The van der Waals surface area contributed by atoms with Gasteiger partial charge in [0.05, 0.1) is 19.3 Å². The first-order valence-electron chi connectivity index (χ1n) is 7.31. The van der Waals surface area contributed by atoms with Crippen molar-refractivity contribution >= 4 is 15.9 Å². The van der Waals surface area contributed by atoms with Gasteiger partial charge in [0.2, 0.25) is 15.9 Å². The van der Waals surface area contributed by atoms with Gasteiger partial charge in [0.25, 0.3) is 0 Å². The van der Waals surface area contributed by atoms with E-state index in [1.165, 1.54) is 4.90 Å². The molecule has 0 spiro atoms. The molecule has 0 unspecified atom stereocenters. The average molecular weight is 342 g/mol. The molecule has 0 bridgehead atoms. The van der Waals surface area contributed by atoms with Crippen LogP contribution in [-0.4, -0.2) is 62.4 Å². The third-order valence-corrected chi connectivity index (χ3v) is 4.34. The van der Waals surface area contributed by atoms with Crippen LogP contribution < -0.4 is 9.46 Å². The number of likely N-dealkylation sites (tertiary alicyclic amines) is 1. The Morgan fingerprint density at radius 1 is 1.48 bits per heavy atom. The number of carbonyl (C=O) groups excluding carboxylic acids is 1. The second-order valence-electron chi connectivity index (χ2n) is 5.99. The molecule has 0 aromatic heterocycles. The summed E-state index contributed by atoms with van der Waals surface area (Å²) in [5.41, 5.74) is -0.0608. The molecule has 1 aliphatic heterocycles. The molecule has 1 amide bonds. The first-order chi connectivity index (χ1) is 10.7. The number of aliphatic hydroxyl groups is 1. The normalized spacial score (nSPS) is 21.4. The van der Waals surface area contributed by atoms with Gasteiger partial charge in [-0.2, -0.15) is 0 Å². The van der Waals surface area contributed by atoms with Crippen LogP contribution in [0.3, 0.4) is 0 Å². The molecule has 23 heavy (non-hydrogen) atoms. The first kappa shape index (κ1) is 17.7. The summed E-state index contributed by atoms with van der Waals surface area (Å²) >= 11 is 0. The predicted molar refractivity (Wildman–Crippen MR) is 85.7 cm³/mol. The number of β-amino-alcohol motifs (C(OH)–C–C–N with tert-alkyl or cyclic N) is 1. The van der Waals surface area contributed by atoms with Crippen LogP contribution in [0.25, 0.3) is 0 Å². The summed E-state index contributed by atoms with van der Waals surface area (Å²) in [6.45, 7) is 2.24. The van der Waals surface area contributed by atoms with E-state index < -0.39 is 15.6 Å². The number of nitrogens with one attached hydrogen (secondary N) is 1. The standard InChI is InChI=1S/C15H22N2O5S/c1-12-4-3-5-13(8-12)22-11-15(19)6-7-17(10-15)14(18)9-16-23(2,20)21/h3-5,8,16,19H,6-7,9-11H2,1-2H3/t15-/m1/s1. The minimum atomic E-state index is -3.41. The molecule has 0 radical (unpaired) electrons. The van der Waals surface area contributed by atoms with Gasteiger partial charge in [-0.25, -0.2) is 13.1 Å². The Bertz CT molecular complexity index is 676. The zero-order chi connectivity index (χ0) is 17.1. The highest BCUT2D eigenvalue weighted by Crippen LogP contribution is 2.23. The molecule has 1 fully saturated rings. The molecule has 1 heterocycles. The number of benzene rings is 1. The highest BCUT2D eigenvalue weighted by Gasteiger charge is 2.39. The van der Waals surface area contributed by atoms with Crippen molar-refractivity contribution in [2.45, 2.75) is 18.9 Å². The number of sulfonamides is 1. The molecule has 2 rings (SSSR count). The number of carbonyl (C=O) groups is 1. The van der Waals surface area contributed by atoms with E-state index in [-0.39, 0.29) is 25.6 Å². The smallest absolute Gasteiger partial charge is 0.237 e. The third-order valence-electron chi connectivity index (χ3n) is 3.67. The average Bonchev–Trinajstić information content (AvgIpc) is 2.85. The fraction of sp³-hybridized carbons (Fsp3) is 0.533. The second-order valence-corrected chi connectivity index (χ2v) is 7.82. The summed E-state index contributed by atoms with van der Waals surface area (Å²) in [6.07, 6.45) is 1.39. The van der Waals surface area contributed by atoms with Gasteiger partial charge in [0, 0.05) is 6.54 Å². The lowest BCUT2D eigenvalue weighted by atomic mass is 10.1. The number of rotatable bonds is 6. The molecule has 1 aromatic carbocycles. The lowest BCUT2D eigenvalue weighted by Crippen LogP contribution is -2.43. The largest absolute Gasteiger partial charge is 0.491 e.